The number of rotatable bonds is 4. The zero-order valence-electron chi connectivity index (χ0n) is 11.4. The number of ketones is 1. The van der Waals surface area contributed by atoms with Gasteiger partial charge in [-0.3, -0.25) is 4.79 Å². The van der Waals surface area contributed by atoms with E-state index in [1.54, 1.807) is 18.3 Å². The lowest BCUT2D eigenvalue weighted by Crippen LogP contribution is -2.06. The molecule has 1 aromatic carbocycles. The minimum Gasteiger partial charge on any atom is -0.494 e. The van der Waals surface area contributed by atoms with Crippen molar-refractivity contribution in [2.75, 3.05) is 7.11 Å². The highest BCUT2D eigenvalue weighted by molar-refractivity contribution is 6.09. The van der Waals surface area contributed by atoms with Gasteiger partial charge in [0.15, 0.2) is 5.69 Å². The van der Waals surface area contributed by atoms with E-state index in [0.29, 0.717) is 22.9 Å². The molecule has 0 amide bonds. The molecule has 0 aliphatic carbocycles. The van der Waals surface area contributed by atoms with E-state index in [2.05, 4.69) is 18.8 Å². The Hall–Kier alpha value is -2.16. The Morgan fingerprint density at radius 3 is 2.42 bits per heavy atom. The van der Waals surface area contributed by atoms with Gasteiger partial charge in [-0.05, 0) is 23.6 Å². The highest BCUT2D eigenvalue weighted by Gasteiger charge is 2.15. The molecule has 0 bridgehead atoms. The minimum atomic E-state index is -0.118. The van der Waals surface area contributed by atoms with E-state index in [0.717, 1.165) is 0 Å². The standard InChI is InChI=1S/C16H17NO2/c1-11(2)12-6-8-13(9-7-12)16(18)15-14(19-3)5-4-10-17-15/h4-11H,1-3H3. The van der Waals surface area contributed by atoms with Crippen LogP contribution in [0.1, 0.15) is 41.4 Å². The van der Waals surface area contributed by atoms with Gasteiger partial charge in [-0.25, -0.2) is 4.98 Å². The van der Waals surface area contributed by atoms with Crippen LogP contribution in [0.2, 0.25) is 0 Å². The van der Waals surface area contributed by atoms with Gasteiger partial charge in [0.2, 0.25) is 5.78 Å². The van der Waals surface area contributed by atoms with E-state index in [4.69, 9.17) is 4.74 Å². The Morgan fingerprint density at radius 1 is 1.16 bits per heavy atom. The zero-order chi connectivity index (χ0) is 13.8. The summed E-state index contributed by atoms with van der Waals surface area (Å²) >= 11 is 0. The lowest BCUT2D eigenvalue weighted by Gasteiger charge is -2.08. The van der Waals surface area contributed by atoms with Crippen molar-refractivity contribution in [3.05, 3.63) is 59.4 Å². The van der Waals surface area contributed by atoms with E-state index in [9.17, 15) is 4.79 Å². The first-order valence-corrected chi connectivity index (χ1v) is 6.27. The Morgan fingerprint density at radius 2 is 1.84 bits per heavy atom. The summed E-state index contributed by atoms with van der Waals surface area (Å²) in [6, 6.07) is 11.1. The van der Waals surface area contributed by atoms with Crippen LogP contribution in [0.5, 0.6) is 5.75 Å². The van der Waals surface area contributed by atoms with Crippen LogP contribution in [0, 0.1) is 0 Å². The smallest absolute Gasteiger partial charge is 0.215 e. The monoisotopic (exact) mass is 255 g/mol. The van der Waals surface area contributed by atoms with E-state index < -0.39 is 0 Å². The Labute approximate surface area is 113 Å². The largest absolute Gasteiger partial charge is 0.494 e. The highest BCUT2D eigenvalue weighted by Crippen LogP contribution is 2.20. The van der Waals surface area contributed by atoms with Gasteiger partial charge in [-0.1, -0.05) is 38.1 Å². The molecular formula is C16H17NO2. The SMILES string of the molecule is COc1cccnc1C(=O)c1ccc(C(C)C)cc1. The molecule has 1 heterocycles. The quantitative estimate of drug-likeness (QED) is 0.785. The first kappa shape index (κ1) is 13.3. The van der Waals surface area contributed by atoms with Crippen LogP contribution < -0.4 is 4.74 Å². The average molecular weight is 255 g/mol. The molecule has 0 atom stereocenters. The Kier molecular flexibility index (Phi) is 3.95. The molecule has 0 saturated heterocycles. The molecule has 0 radical (unpaired) electrons. The van der Waals surface area contributed by atoms with Crippen LogP contribution in [-0.2, 0) is 0 Å². The summed E-state index contributed by atoms with van der Waals surface area (Å²) in [5.41, 5.74) is 2.19. The van der Waals surface area contributed by atoms with Gasteiger partial charge in [0.1, 0.15) is 5.75 Å². The molecule has 0 fully saturated rings. The fourth-order valence-corrected chi connectivity index (χ4v) is 1.88. The minimum absolute atomic E-state index is 0.118. The number of carbonyl (C=O) groups excluding carboxylic acids is 1. The number of hydrogen-bond donors (Lipinski definition) is 0. The third kappa shape index (κ3) is 2.81. The molecule has 0 aliphatic rings. The summed E-state index contributed by atoms with van der Waals surface area (Å²) in [5.74, 6) is 0.835. The van der Waals surface area contributed by atoms with Crippen molar-refractivity contribution in [3.8, 4) is 5.75 Å². The maximum atomic E-state index is 12.4. The maximum absolute atomic E-state index is 12.4. The van der Waals surface area contributed by atoms with Crippen molar-refractivity contribution in [2.24, 2.45) is 0 Å². The second-order valence-electron chi connectivity index (χ2n) is 4.66. The molecule has 0 aliphatic heterocycles. The van der Waals surface area contributed by atoms with Crippen LogP contribution >= 0.6 is 0 Å². The summed E-state index contributed by atoms with van der Waals surface area (Å²) in [4.78, 5) is 16.5. The molecule has 1 aromatic heterocycles. The first-order valence-electron chi connectivity index (χ1n) is 6.27. The summed E-state index contributed by atoms with van der Waals surface area (Å²) in [5, 5.41) is 0. The maximum Gasteiger partial charge on any atom is 0.215 e. The Bertz CT molecular complexity index is 574. The molecule has 2 aromatic rings. The van der Waals surface area contributed by atoms with E-state index in [1.807, 2.05) is 24.3 Å². The van der Waals surface area contributed by atoms with Crippen molar-refractivity contribution in [1.29, 1.82) is 0 Å². The van der Waals surface area contributed by atoms with Crippen LogP contribution in [0.3, 0.4) is 0 Å². The molecule has 0 unspecified atom stereocenters. The van der Waals surface area contributed by atoms with Crippen molar-refractivity contribution >= 4 is 5.78 Å². The first-order chi connectivity index (χ1) is 9.13. The summed E-state index contributed by atoms with van der Waals surface area (Å²) in [7, 11) is 1.54. The Balaban J connectivity index is 2.33. The molecule has 0 saturated carbocycles. The van der Waals surface area contributed by atoms with Gasteiger partial charge < -0.3 is 4.74 Å². The van der Waals surface area contributed by atoms with E-state index in [1.165, 1.54) is 12.7 Å². The highest BCUT2D eigenvalue weighted by atomic mass is 16.5. The fraction of sp³-hybridized carbons (Fsp3) is 0.250. The fourth-order valence-electron chi connectivity index (χ4n) is 1.88. The molecule has 98 valence electrons. The third-order valence-corrected chi connectivity index (χ3v) is 3.05. The number of carbonyl (C=O) groups is 1. The number of aromatic nitrogens is 1. The van der Waals surface area contributed by atoms with Crippen LogP contribution in [-0.4, -0.2) is 17.9 Å². The normalized spacial score (nSPS) is 10.5. The number of pyridine rings is 1. The summed E-state index contributed by atoms with van der Waals surface area (Å²) < 4.78 is 5.17. The van der Waals surface area contributed by atoms with Gasteiger partial charge in [0.25, 0.3) is 0 Å². The third-order valence-electron chi connectivity index (χ3n) is 3.05. The number of hydrogen-bond acceptors (Lipinski definition) is 3. The number of methoxy groups -OCH3 is 1. The predicted octanol–water partition coefficient (Wildman–Crippen LogP) is 3.44. The molecule has 3 heteroatoms. The van der Waals surface area contributed by atoms with Gasteiger partial charge in [0.05, 0.1) is 7.11 Å². The van der Waals surface area contributed by atoms with Crippen LogP contribution in [0.15, 0.2) is 42.6 Å². The lowest BCUT2D eigenvalue weighted by molar-refractivity contribution is 0.103. The summed E-state index contributed by atoms with van der Waals surface area (Å²) in [6.07, 6.45) is 1.60. The van der Waals surface area contributed by atoms with Gasteiger partial charge in [-0.15, -0.1) is 0 Å². The van der Waals surface area contributed by atoms with Crippen molar-refractivity contribution < 1.29 is 9.53 Å². The van der Waals surface area contributed by atoms with Gasteiger partial charge >= 0.3 is 0 Å². The van der Waals surface area contributed by atoms with Gasteiger partial charge in [0, 0.05) is 11.8 Å². The number of nitrogens with zero attached hydrogens (tertiary/aromatic N) is 1. The zero-order valence-corrected chi connectivity index (χ0v) is 11.4. The second-order valence-corrected chi connectivity index (χ2v) is 4.66. The van der Waals surface area contributed by atoms with Crippen LogP contribution in [0.4, 0.5) is 0 Å². The predicted molar refractivity (Wildman–Crippen MR) is 74.8 cm³/mol. The topological polar surface area (TPSA) is 39.2 Å². The lowest BCUT2D eigenvalue weighted by atomic mass is 9.99. The van der Waals surface area contributed by atoms with Crippen molar-refractivity contribution in [3.63, 3.8) is 0 Å². The van der Waals surface area contributed by atoms with Crippen LogP contribution in [0.25, 0.3) is 0 Å². The van der Waals surface area contributed by atoms with Crippen molar-refractivity contribution in [1.82, 2.24) is 4.98 Å². The molecule has 19 heavy (non-hydrogen) atoms. The molecule has 0 spiro atoms. The summed E-state index contributed by atoms with van der Waals surface area (Å²) in [6.45, 7) is 4.25. The van der Waals surface area contributed by atoms with E-state index in [-0.39, 0.29) is 5.78 Å². The molecule has 2 rings (SSSR count). The van der Waals surface area contributed by atoms with E-state index >= 15 is 0 Å². The van der Waals surface area contributed by atoms with Gasteiger partial charge in [-0.2, -0.15) is 0 Å². The molecular weight excluding hydrogens is 238 g/mol. The molecule has 0 N–H and O–H groups in total. The molecule has 3 nitrogen and oxygen atoms in total. The number of benzene rings is 1. The van der Waals surface area contributed by atoms with Crippen molar-refractivity contribution in [2.45, 2.75) is 19.8 Å². The second kappa shape index (κ2) is 5.65. The average Bonchev–Trinajstić information content (AvgIpc) is 2.46. The number of ether oxygens (including phenoxy) is 1.